The van der Waals surface area contributed by atoms with Gasteiger partial charge in [-0.05, 0) is 73.1 Å². The smallest absolute Gasteiger partial charge is 0.246 e. The zero-order valence-corrected chi connectivity index (χ0v) is 26.6. The van der Waals surface area contributed by atoms with Gasteiger partial charge in [0, 0.05) is 37.9 Å². The maximum Gasteiger partial charge on any atom is 0.246 e. The third kappa shape index (κ3) is 7.57. The molecule has 3 aliphatic rings. The number of carbonyl (C=O) groups excluding carboxylic acids is 4. The highest BCUT2D eigenvalue weighted by molar-refractivity contribution is 5.96. The van der Waals surface area contributed by atoms with Gasteiger partial charge in [-0.15, -0.1) is 0 Å². The first kappa shape index (κ1) is 31.7. The lowest BCUT2D eigenvalue weighted by Gasteiger charge is -2.44. The van der Waals surface area contributed by atoms with Gasteiger partial charge in [-0.1, -0.05) is 67.4 Å². The number of piperazine rings is 1. The van der Waals surface area contributed by atoms with Crippen molar-refractivity contribution in [2.24, 2.45) is 11.8 Å². The second-order valence-electron chi connectivity index (χ2n) is 13.5. The number of rotatable bonds is 12. The van der Waals surface area contributed by atoms with Gasteiger partial charge in [0.1, 0.15) is 23.9 Å². The van der Waals surface area contributed by atoms with E-state index in [1.54, 1.807) is 21.9 Å². The van der Waals surface area contributed by atoms with E-state index in [1.807, 2.05) is 50.2 Å². The molecule has 46 heavy (non-hydrogen) atoms. The van der Waals surface area contributed by atoms with Gasteiger partial charge in [0.15, 0.2) is 0 Å². The topological polar surface area (TPSA) is 98.8 Å². The first-order valence-electron chi connectivity index (χ1n) is 16.6. The number of benzene rings is 3. The minimum atomic E-state index is -0.878. The molecule has 6 rings (SSSR count). The Kier molecular flexibility index (Phi) is 9.38. The number of hydrogen-bond donors (Lipinski definition) is 2. The summed E-state index contributed by atoms with van der Waals surface area (Å²) in [5, 5.41) is 8.14. The van der Waals surface area contributed by atoms with Crippen LogP contribution in [0.3, 0.4) is 0 Å². The van der Waals surface area contributed by atoms with Crippen molar-refractivity contribution in [1.29, 1.82) is 0 Å². The van der Waals surface area contributed by atoms with Crippen molar-refractivity contribution in [1.82, 2.24) is 20.4 Å². The third-order valence-electron chi connectivity index (χ3n) is 9.33. The molecule has 1 heterocycles. The monoisotopic (exact) mass is 626 g/mol. The largest absolute Gasteiger partial charge is 0.352 e. The summed E-state index contributed by atoms with van der Waals surface area (Å²) in [5.74, 6) is -1.05. The Morgan fingerprint density at radius 2 is 1.54 bits per heavy atom. The Bertz CT molecular complexity index is 1600. The van der Waals surface area contributed by atoms with Crippen molar-refractivity contribution >= 4 is 34.4 Å². The number of nitrogens with one attached hydrogen (secondary N) is 2. The molecule has 242 valence electrons. The molecule has 3 atom stereocenters. The quantitative estimate of drug-likeness (QED) is 0.312. The van der Waals surface area contributed by atoms with Crippen molar-refractivity contribution in [3.05, 3.63) is 83.7 Å². The van der Waals surface area contributed by atoms with Crippen LogP contribution in [-0.2, 0) is 32.0 Å². The first-order chi connectivity index (χ1) is 22.2. The normalized spacial score (nSPS) is 19.7. The van der Waals surface area contributed by atoms with E-state index in [4.69, 9.17) is 0 Å². The summed E-state index contributed by atoms with van der Waals surface area (Å²) in [6.45, 7) is 4.26. The predicted octanol–water partition coefficient (Wildman–Crippen LogP) is 4.39. The zero-order chi connectivity index (χ0) is 32.4. The molecule has 0 aromatic heterocycles. The van der Waals surface area contributed by atoms with Crippen LogP contribution in [0.15, 0.2) is 66.7 Å². The van der Waals surface area contributed by atoms with E-state index >= 15 is 0 Å². The highest BCUT2D eigenvalue weighted by atomic mass is 19.1. The summed E-state index contributed by atoms with van der Waals surface area (Å²) in [7, 11) is 0. The molecule has 1 saturated heterocycles. The van der Waals surface area contributed by atoms with Crippen LogP contribution in [0.2, 0.25) is 0 Å². The fraction of sp³-hybridized carbons (Fsp3) is 0.459. The molecule has 0 spiro atoms. The average Bonchev–Trinajstić information content (AvgIpc) is 3.96. The van der Waals surface area contributed by atoms with Crippen LogP contribution in [0.5, 0.6) is 0 Å². The van der Waals surface area contributed by atoms with E-state index in [0.29, 0.717) is 18.8 Å². The first-order valence-corrected chi connectivity index (χ1v) is 16.6. The van der Waals surface area contributed by atoms with Crippen LogP contribution in [0.4, 0.5) is 4.39 Å². The minimum Gasteiger partial charge on any atom is -0.352 e. The maximum atomic E-state index is 14.4. The lowest BCUT2D eigenvalue weighted by molar-refractivity contribution is -0.157. The highest BCUT2D eigenvalue weighted by Crippen LogP contribution is 2.37. The van der Waals surface area contributed by atoms with Crippen LogP contribution in [-0.4, -0.2) is 70.7 Å². The second-order valence-corrected chi connectivity index (χ2v) is 13.5. The molecule has 9 heteroatoms. The summed E-state index contributed by atoms with van der Waals surface area (Å²) in [5.41, 5.74) is 1.68. The minimum absolute atomic E-state index is 0.0976. The summed E-state index contributed by atoms with van der Waals surface area (Å²) in [4.78, 5) is 58.6. The molecule has 3 aromatic carbocycles. The molecule has 2 aliphatic carbocycles. The molecular formula is C37H43FN4O4. The Labute approximate surface area is 269 Å². The van der Waals surface area contributed by atoms with Gasteiger partial charge in [0.2, 0.25) is 23.6 Å². The lowest BCUT2D eigenvalue weighted by atomic mass is 9.96. The van der Waals surface area contributed by atoms with Gasteiger partial charge in [-0.3, -0.25) is 19.2 Å². The maximum absolute atomic E-state index is 14.4. The van der Waals surface area contributed by atoms with Gasteiger partial charge >= 0.3 is 0 Å². The number of nitrogens with zero attached hydrogens (tertiary/aromatic N) is 2. The Balaban J connectivity index is 1.26. The van der Waals surface area contributed by atoms with Crippen LogP contribution in [0, 0.1) is 17.7 Å². The standard InChI is InChI=1S/C37H43FN4O4/c1-23(2)39-35(44)32(22-26-9-12-27-5-3-4-6-29(27)19-26)41-17-18-42(33(37(41)46)21-25-7-8-25)36(45)31(40-34(43)28-13-14-28)20-24-10-15-30(38)16-11-24/h3-6,9-12,15-16,19,23,25,28,31-33H,7-8,13-14,17-18,20-22H2,1-2H3,(H,39,44)(H,40,43)/t31-,32?,33+/m1/s1. The van der Waals surface area contributed by atoms with E-state index in [0.717, 1.165) is 47.6 Å². The van der Waals surface area contributed by atoms with Crippen molar-refractivity contribution in [2.45, 2.75) is 83.0 Å². The van der Waals surface area contributed by atoms with E-state index in [-0.39, 0.29) is 60.9 Å². The van der Waals surface area contributed by atoms with E-state index in [1.165, 1.54) is 12.1 Å². The summed E-state index contributed by atoms with van der Waals surface area (Å²) < 4.78 is 13.6. The number of hydrogen-bond acceptors (Lipinski definition) is 4. The Hall–Kier alpha value is -4.27. The molecule has 8 nitrogen and oxygen atoms in total. The SMILES string of the molecule is CC(C)NC(=O)C(Cc1ccc2ccccc2c1)N1CCN(C(=O)[C@@H](Cc2ccc(F)cc2)NC(=O)C2CC2)[C@@H](CC2CC2)C1=O. The van der Waals surface area contributed by atoms with E-state index in [2.05, 4.69) is 16.7 Å². The molecule has 4 amide bonds. The molecule has 1 aliphatic heterocycles. The molecule has 2 saturated carbocycles. The number of halogens is 1. The molecule has 1 unspecified atom stereocenters. The van der Waals surface area contributed by atoms with Gasteiger partial charge < -0.3 is 20.4 Å². The highest BCUT2D eigenvalue weighted by Gasteiger charge is 2.46. The number of carbonyl (C=O) groups is 4. The van der Waals surface area contributed by atoms with Crippen molar-refractivity contribution in [3.63, 3.8) is 0 Å². The fourth-order valence-corrected chi connectivity index (χ4v) is 6.48. The lowest BCUT2D eigenvalue weighted by Crippen LogP contribution is -2.66. The molecule has 2 N–H and O–H groups in total. The Morgan fingerprint density at radius 1 is 0.848 bits per heavy atom. The molecular weight excluding hydrogens is 583 g/mol. The van der Waals surface area contributed by atoms with E-state index in [9.17, 15) is 23.6 Å². The summed E-state index contributed by atoms with van der Waals surface area (Å²) in [6, 6.07) is 17.6. The molecule has 0 bridgehead atoms. The second kappa shape index (κ2) is 13.6. The van der Waals surface area contributed by atoms with E-state index < -0.39 is 18.1 Å². The van der Waals surface area contributed by atoms with Crippen LogP contribution >= 0.6 is 0 Å². The number of fused-ring (bicyclic) bond motifs is 1. The van der Waals surface area contributed by atoms with Crippen molar-refractivity contribution in [3.8, 4) is 0 Å². The molecule has 3 aromatic rings. The van der Waals surface area contributed by atoms with Crippen LogP contribution < -0.4 is 10.6 Å². The fourth-order valence-electron chi connectivity index (χ4n) is 6.48. The van der Waals surface area contributed by atoms with Crippen molar-refractivity contribution < 1.29 is 23.6 Å². The molecule has 0 radical (unpaired) electrons. The summed E-state index contributed by atoms with van der Waals surface area (Å²) in [6.07, 6.45) is 4.65. The van der Waals surface area contributed by atoms with Gasteiger partial charge in [-0.2, -0.15) is 0 Å². The van der Waals surface area contributed by atoms with Crippen LogP contribution in [0.25, 0.3) is 10.8 Å². The Morgan fingerprint density at radius 3 is 2.22 bits per heavy atom. The van der Waals surface area contributed by atoms with Gasteiger partial charge in [0.05, 0.1) is 0 Å². The predicted molar refractivity (Wildman–Crippen MR) is 174 cm³/mol. The third-order valence-corrected chi connectivity index (χ3v) is 9.33. The zero-order valence-electron chi connectivity index (χ0n) is 26.6. The average molecular weight is 627 g/mol. The van der Waals surface area contributed by atoms with Gasteiger partial charge in [-0.25, -0.2) is 4.39 Å². The number of amides is 4. The molecule has 3 fully saturated rings. The van der Waals surface area contributed by atoms with Crippen molar-refractivity contribution in [2.75, 3.05) is 13.1 Å². The summed E-state index contributed by atoms with van der Waals surface area (Å²) >= 11 is 0. The van der Waals surface area contributed by atoms with Crippen LogP contribution in [0.1, 0.15) is 57.1 Å². The van der Waals surface area contributed by atoms with Gasteiger partial charge in [0.25, 0.3) is 0 Å².